The summed E-state index contributed by atoms with van der Waals surface area (Å²) in [4.78, 5) is 4.59. The smallest absolute Gasteiger partial charge is 0.209 e. The Labute approximate surface area is 118 Å². The first kappa shape index (κ1) is 13.6. The van der Waals surface area contributed by atoms with E-state index in [0.717, 1.165) is 22.3 Å². The summed E-state index contributed by atoms with van der Waals surface area (Å²) in [7, 11) is 0. The molecule has 0 saturated heterocycles. The Morgan fingerprint density at radius 2 is 1.95 bits per heavy atom. The van der Waals surface area contributed by atoms with E-state index >= 15 is 0 Å². The van der Waals surface area contributed by atoms with E-state index < -0.39 is 0 Å². The number of aromatic nitrogens is 3. The molecule has 4 heteroatoms. The molecule has 1 aromatic heterocycles. The topological polar surface area (TPSA) is 30.7 Å². The number of nitrogens with zero attached hydrogens (tertiary/aromatic N) is 3. The first-order valence-corrected chi connectivity index (χ1v) is 7.09. The van der Waals surface area contributed by atoms with Gasteiger partial charge in [0.25, 0.3) is 0 Å². The molecule has 0 fully saturated rings. The van der Waals surface area contributed by atoms with Gasteiger partial charge in [0.15, 0.2) is 5.82 Å². The van der Waals surface area contributed by atoms with Gasteiger partial charge in [0.2, 0.25) is 5.16 Å². The van der Waals surface area contributed by atoms with E-state index in [9.17, 15) is 0 Å². The maximum absolute atomic E-state index is 4.59. The van der Waals surface area contributed by atoms with Gasteiger partial charge in [-0.3, -0.25) is 0 Å². The fraction of sp³-hybridized carbons (Fsp3) is 0.200. The maximum atomic E-state index is 4.59. The molecular formula is C15H17N3S. The van der Waals surface area contributed by atoms with E-state index in [1.165, 1.54) is 5.56 Å². The number of hydrogen-bond acceptors (Lipinski definition) is 3. The molecule has 1 heterocycles. The zero-order valence-corrected chi connectivity index (χ0v) is 11.9. The number of thioether (sulfide) groups is 1. The molecule has 19 heavy (non-hydrogen) atoms. The summed E-state index contributed by atoms with van der Waals surface area (Å²) in [6.45, 7) is 10.2. The van der Waals surface area contributed by atoms with Crippen molar-refractivity contribution in [3.8, 4) is 11.4 Å². The zero-order valence-electron chi connectivity index (χ0n) is 11.0. The van der Waals surface area contributed by atoms with Crippen LogP contribution in [0.3, 0.4) is 0 Å². The second kappa shape index (κ2) is 6.38. The fourth-order valence-electron chi connectivity index (χ4n) is 1.68. The molecule has 0 spiro atoms. The first-order valence-electron chi connectivity index (χ1n) is 6.11. The van der Waals surface area contributed by atoms with E-state index in [-0.39, 0.29) is 0 Å². The van der Waals surface area contributed by atoms with Gasteiger partial charge in [0.1, 0.15) is 0 Å². The molecule has 0 N–H and O–H groups in total. The number of allylic oxidation sites excluding steroid dienone is 1. The summed E-state index contributed by atoms with van der Waals surface area (Å²) >= 11 is 1.58. The van der Waals surface area contributed by atoms with Gasteiger partial charge in [-0.1, -0.05) is 53.7 Å². The van der Waals surface area contributed by atoms with Crippen molar-refractivity contribution in [2.45, 2.75) is 18.6 Å². The van der Waals surface area contributed by atoms with Crippen molar-refractivity contribution >= 4 is 11.8 Å². The number of hydrogen-bond donors (Lipinski definition) is 0. The monoisotopic (exact) mass is 271 g/mol. The van der Waals surface area contributed by atoms with Crippen LogP contribution < -0.4 is 0 Å². The Morgan fingerprint density at radius 3 is 2.58 bits per heavy atom. The summed E-state index contributed by atoms with van der Waals surface area (Å²) in [6, 6.07) is 8.30. The van der Waals surface area contributed by atoms with E-state index in [1.54, 1.807) is 11.8 Å². The fourth-order valence-corrected chi connectivity index (χ4v) is 2.26. The molecule has 0 aliphatic heterocycles. The molecule has 0 atom stereocenters. The van der Waals surface area contributed by atoms with Crippen LogP contribution in [0.2, 0.25) is 0 Å². The lowest BCUT2D eigenvalue weighted by molar-refractivity contribution is 0.687. The van der Waals surface area contributed by atoms with Crippen LogP contribution in [0.25, 0.3) is 11.4 Å². The second-order valence-electron chi connectivity index (χ2n) is 4.15. The molecular weight excluding hydrogens is 254 g/mol. The van der Waals surface area contributed by atoms with Crippen LogP contribution in [0, 0.1) is 6.92 Å². The molecule has 0 aliphatic carbocycles. The van der Waals surface area contributed by atoms with Gasteiger partial charge in [-0.2, -0.15) is 0 Å². The number of benzene rings is 1. The summed E-state index contributed by atoms with van der Waals surface area (Å²) in [6.07, 6.45) is 3.68. The number of rotatable bonds is 6. The van der Waals surface area contributed by atoms with Crippen molar-refractivity contribution in [3.63, 3.8) is 0 Å². The molecule has 1 aromatic carbocycles. The highest BCUT2D eigenvalue weighted by Gasteiger charge is 2.11. The van der Waals surface area contributed by atoms with Crippen LogP contribution in [-0.4, -0.2) is 20.5 Å². The molecule has 2 rings (SSSR count). The maximum Gasteiger partial charge on any atom is 0.209 e. The Kier molecular flexibility index (Phi) is 4.58. The molecule has 0 unspecified atom stereocenters. The third kappa shape index (κ3) is 3.35. The van der Waals surface area contributed by atoms with Crippen LogP contribution in [-0.2, 0) is 6.54 Å². The van der Waals surface area contributed by atoms with Crippen LogP contribution in [0.4, 0.5) is 0 Å². The third-order valence-electron chi connectivity index (χ3n) is 2.59. The van der Waals surface area contributed by atoms with Crippen LogP contribution in [0.15, 0.2) is 54.7 Å². The molecule has 98 valence electrons. The van der Waals surface area contributed by atoms with Crippen LogP contribution in [0.5, 0.6) is 0 Å². The van der Waals surface area contributed by atoms with E-state index in [1.807, 2.05) is 16.8 Å². The molecule has 2 aromatic rings. The first-order chi connectivity index (χ1) is 9.24. The second-order valence-corrected chi connectivity index (χ2v) is 5.14. The average Bonchev–Trinajstić information content (AvgIpc) is 2.81. The summed E-state index contributed by atoms with van der Waals surface area (Å²) in [5.41, 5.74) is 2.31. The predicted octanol–water partition coefficient (Wildman–Crippen LogP) is 3.72. The van der Waals surface area contributed by atoms with Gasteiger partial charge in [-0.05, 0) is 6.92 Å². The van der Waals surface area contributed by atoms with Crippen LogP contribution in [0.1, 0.15) is 5.56 Å². The third-order valence-corrected chi connectivity index (χ3v) is 3.43. The lowest BCUT2D eigenvalue weighted by Gasteiger charge is -2.03. The zero-order chi connectivity index (χ0) is 13.7. The Bertz CT molecular complexity index is 570. The highest BCUT2D eigenvalue weighted by Crippen LogP contribution is 2.22. The van der Waals surface area contributed by atoms with Crippen molar-refractivity contribution in [2.24, 2.45) is 0 Å². The largest absolute Gasteiger partial charge is 0.241 e. The van der Waals surface area contributed by atoms with Gasteiger partial charge < -0.3 is 0 Å². The van der Waals surface area contributed by atoms with Crippen molar-refractivity contribution in [2.75, 3.05) is 5.75 Å². The number of aryl methyl sites for hydroxylation is 1. The Hall–Kier alpha value is -1.81. The Balaban J connectivity index is 2.36. The minimum Gasteiger partial charge on any atom is -0.241 e. The minimum absolute atomic E-state index is 0.658. The standard InChI is InChI=1S/C15H17N3S/c1-4-10-18-14(13-8-6-12(3)7-9-13)16-15(17-18)19-11-5-2/h4-9H,1-2,10-11H2,3H3. The molecule has 0 saturated carbocycles. The average molecular weight is 271 g/mol. The molecule has 0 aliphatic rings. The summed E-state index contributed by atoms with van der Waals surface area (Å²) < 4.78 is 1.88. The van der Waals surface area contributed by atoms with Gasteiger partial charge in [0, 0.05) is 11.3 Å². The minimum atomic E-state index is 0.658. The SMILES string of the molecule is C=CCSc1nc(-c2ccc(C)cc2)n(CC=C)n1. The molecule has 0 amide bonds. The molecule has 0 radical (unpaired) electrons. The highest BCUT2D eigenvalue weighted by molar-refractivity contribution is 7.99. The van der Waals surface area contributed by atoms with E-state index in [0.29, 0.717) is 6.54 Å². The lowest BCUT2D eigenvalue weighted by Crippen LogP contribution is -2.00. The van der Waals surface area contributed by atoms with Crippen molar-refractivity contribution < 1.29 is 0 Å². The van der Waals surface area contributed by atoms with E-state index in [2.05, 4.69) is 54.4 Å². The summed E-state index contributed by atoms with van der Waals surface area (Å²) in [5.74, 6) is 1.69. The van der Waals surface area contributed by atoms with Crippen molar-refractivity contribution in [3.05, 3.63) is 55.1 Å². The highest BCUT2D eigenvalue weighted by atomic mass is 32.2. The van der Waals surface area contributed by atoms with Gasteiger partial charge >= 0.3 is 0 Å². The molecule has 3 nitrogen and oxygen atoms in total. The predicted molar refractivity (Wildman–Crippen MR) is 81.3 cm³/mol. The van der Waals surface area contributed by atoms with Crippen molar-refractivity contribution in [1.29, 1.82) is 0 Å². The quantitative estimate of drug-likeness (QED) is 0.592. The molecule has 0 bridgehead atoms. The van der Waals surface area contributed by atoms with Gasteiger partial charge in [0.05, 0.1) is 6.54 Å². The van der Waals surface area contributed by atoms with Gasteiger partial charge in [-0.15, -0.1) is 18.3 Å². The van der Waals surface area contributed by atoms with E-state index in [4.69, 9.17) is 0 Å². The van der Waals surface area contributed by atoms with Crippen molar-refractivity contribution in [1.82, 2.24) is 14.8 Å². The lowest BCUT2D eigenvalue weighted by atomic mass is 10.1. The van der Waals surface area contributed by atoms with Gasteiger partial charge in [-0.25, -0.2) is 9.67 Å². The summed E-state index contributed by atoms with van der Waals surface area (Å²) in [5, 5.41) is 5.26. The normalized spacial score (nSPS) is 10.4. The van der Waals surface area contributed by atoms with Crippen LogP contribution >= 0.6 is 11.8 Å². The Morgan fingerprint density at radius 1 is 1.21 bits per heavy atom.